The molecule has 1 radical (unpaired) electrons. The molecule has 0 atom stereocenters. The Bertz CT molecular complexity index is 340. The third-order valence-corrected chi connectivity index (χ3v) is 1.65. The lowest BCUT2D eigenvalue weighted by Gasteiger charge is -2.10. The molecule has 83 valence electrons. The van der Waals surface area contributed by atoms with Crippen LogP contribution in [0.3, 0.4) is 0 Å². The molecule has 0 unspecified atom stereocenters. The Morgan fingerprint density at radius 3 is 2.47 bits per heavy atom. The van der Waals surface area contributed by atoms with Gasteiger partial charge in [-0.1, -0.05) is 11.6 Å². The van der Waals surface area contributed by atoms with Gasteiger partial charge in [-0.05, 0) is 12.1 Å². The number of benzene rings is 1. The zero-order valence-electron chi connectivity index (χ0n) is 7.18. The van der Waals surface area contributed by atoms with Crippen LogP contribution in [0.1, 0.15) is 0 Å². The van der Waals surface area contributed by atoms with E-state index >= 15 is 0 Å². The first-order chi connectivity index (χ1) is 6.92. The molecule has 0 spiro atoms. The molecule has 0 heterocycles. The SMILES string of the molecule is [O]COc1ccc(OC(F)(F)F)cc1Cl. The van der Waals surface area contributed by atoms with Crippen molar-refractivity contribution in [2.24, 2.45) is 0 Å². The van der Waals surface area contributed by atoms with Crippen molar-refractivity contribution in [3.05, 3.63) is 23.2 Å². The molecule has 0 aliphatic carbocycles. The smallest absolute Gasteiger partial charge is 0.463 e. The number of halogens is 4. The van der Waals surface area contributed by atoms with Crippen LogP contribution in [0.25, 0.3) is 0 Å². The van der Waals surface area contributed by atoms with Gasteiger partial charge in [0.25, 0.3) is 0 Å². The lowest BCUT2D eigenvalue weighted by molar-refractivity contribution is -0.274. The summed E-state index contributed by atoms with van der Waals surface area (Å²) in [6, 6.07) is 3.05. The molecule has 0 N–H and O–H groups in total. The summed E-state index contributed by atoms with van der Waals surface area (Å²) < 4.78 is 43.4. The number of ether oxygens (including phenoxy) is 2. The van der Waals surface area contributed by atoms with Crippen LogP contribution in [-0.4, -0.2) is 13.2 Å². The second kappa shape index (κ2) is 4.59. The van der Waals surface area contributed by atoms with E-state index in [1.807, 2.05) is 0 Å². The zero-order valence-corrected chi connectivity index (χ0v) is 7.93. The van der Waals surface area contributed by atoms with Crippen molar-refractivity contribution in [1.29, 1.82) is 0 Å². The number of alkyl halides is 3. The van der Waals surface area contributed by atoms with Gasteiger partial charge >= 0.3 is 6.36 Å². The van der Waals surface area contributed by atoms with Crippen LogP contribution in [0.4, 0.5) is 13.2 Å². The molecule has 3 nitrogen and oxygen atoms in total. The van der Waals surface area contributed by atoms with Crippen molar-refractivity contribution in [2.45, 2.75) is 6.36 Å². The van der Waals surface area contributed by atoms with Gasteiger partial charge in [-0.25, -0.2) is 0 Å². The van der Waals surface area contributed by atoms with Crippen molar-refractivity contribution in [3.8, 4) is 11.5 Å². The summed E-state index contributed by atoms with van der Waals surface area (Å²) in [5.41, 5.74) is 0. The van der Waals surface area contributed by atoms with Gasteiger partial charge in [0.15, 0.2) is 0 Å². The van der Waals surface area contributed by atoms with Crippen molar-refractivity contribution in [1.82, 2.24) is 0 Å². The molecule has 1 rings (SSSR count). The Morgan fingerprint density at radius 1 is 1.33 bits per heavy atom. The lowest BCUT2D eigenvalue weighted by Crippen LogP contribution is -2.17. The highest BCUT2D eigenvalue weighted by molar-refractivity contribution is 6.32. The Balaban J connectivity index is 2.82. The van der Waals surface area contributed by atoms with Crippen LogP contribution in [0.15, 0.2) is 18.2 Å². The molecule has 0 amide bonds. The van der Waals surface area contributed by atoms with Crippen LogP contribution < -0.4 is 9.47 Å². The second-order valence-corrected chi connectivity index (χ2v) is 2.81. The van der Waals surface area contributed by atoms with E-state index in [4.69, 9.17) is 11.6 Å². The number of rotatable bonds is 3. The Kier molecular flexibility index (Phi) is 3.65. The van der Waals surface area contributed by atoms with Gasteiger partial charge in [0, 0.05) is 6.07 Å². The fraction of sp³-hybridized carbons (Fsp3) is 0.250. The molecule has 0 saturated carbocycles. The minimum atomic E-state index is -4.77. The highest BCUT2D eigenvalue weighted by atomic mass is 35.5. The maximum absolute atomic E-state index is 11.8. The Hall–Kier alpha value is -1.14. The van der Waals surface area contributed by atoms with E-state index in [1.54, 1.807) is 0 Å². The predicted molar refractivity (Wildman–Crippen MR) is 44.3 cm³/mol. The lowest BCUT2D eigenvalue weighted by atomic mass is 10.3. The monoisotopic (exact) mass is 241 g/mol. The summed E-state index contributed by atoms with van der Waals surface area (Å²) in [5, 5.41) is 9.96. The van der Waals surface area contributed by atoms with Gasteiger partial charge in [0.05, 0.1) is 5.02 Å². The average molecular weight is 242 g/mol. The Labute approximate surface area is 88.0 Å². The largest absolute Gasteiger partial charge is 0.573 e. The van der Waals surface area contributed by atoms with E-state index in [0.29, 0.717) is 0 Å². The first-order valence-corrected chi connectivity index (χ1v) is 4.06. The third-order valence-electron chi connectivity index (χ3n) is 1.35. The van der Waals surface area contributed by atoms with Gasteiger partial charge in [0.1, 0.15) is 11.5 Å². The molecular weight excluding hydrogens is 237 g/mol. The second-order valence-electron chi connectivity index (χ2n) is 2.40. The van der Waals surface area contributed by atoms with E-state index in [1.165, 1.54) is 0 Å². The van der Waals surface area contributed by atoms with Gasteiger partial charge in [-0.15, -0.1) is 13.2 Å². The van der Waals surface area contributed by atoms with Crippen molar-refractivity contribution < 1.29 is 27.8 Å². The zero-order chi connectivity index (χ0) is 11.5. The van der Waals surface area contributed by atoms with Crippen LogP contribution in [0.5, 0.6) is 11.5 Å². The van der Waals surface area contributed by atoms with E-state index in [0.717, 1.165) is 18.2 Å². The topological polar surface area (TPSA) is 38.4 Å². The fourth-order valence-corrected chi connectivity index (χ4v) is 1.08. The summed E-state index contributed by atoms with van der Waals surface area (Å²) in [6.45, 7) is -0.862. The standard InChI is InChI=1S/C8H5ClF3O3/c9-6-3-5(15-8(10,11)12)1-2-7(6)14-4-13/h1-3H,4H2. The third kappa shape index (κ3) is 3.85. The molecule has 0 bridgehead atoms. The van der Waals surface area contributed by atoms with E-state index in [-0.39, 0.29) is 10.8 Å². The quantitative estimate of drug-likeness (QED) is 0.763. The van der Waals surface area contributed by atoms with Crippen molar-refractivity contribution >= 4 is 11.6 Å². The van der Waals surface area contributed by atoms with Crippen LogP contribution in [0, 0.1) is 0 Å². The summed E-state index contributed by atoms with van der Waals surface area (Å²) in [5.74, 6) is -0.452. The predicted octanol–water partition coefficient (Wildman–Crippen LogP) is 3.01. The molecule has 1 aromatic carbocycles. The first-order valence-electron chi connectivity index (χ1n) is 3.68. The first kappa shape index (κ1) is 11.9. The maximum Gasteiger partial charge on any atom is 0.573 e. The maximum atomic E-state index is 11.8. The number of hydrogen-bond acceptors (Lipinski definition) is 2. The summed E-state index contributed by atoms with van der Waals surface area (Å²) in [4.78, 5) is 0. The fourth-order valence-electron chi connectivity index (χ4n) is 0.859. The van der Waals surface area contributed by atoms with Crippen LogP contribution in [-0.2, 0) is 5.11 Å². The highest BCUT2D eigenvalue weighted by Crippen LogP contribution is 2.31. The molecule has 0 aliphatic heterocycles. The molecule has 15 heavy (non-hydrogen) atoms. The van der Waals surface area contributed by atoms with Crippen LogP contribution >= 0.6 is 11.6 Å². The van der Waals surface area contributed by atoms with E-state index in [2.05, 4.69) is 9.47 Å². The molecule has 0 aromatic heterocycles. The molecule has 1 aromatic rings. The van der Waals surface area contributed by atoms with Gasteiger partial charge in [0.2, 0.25) is 6.79 Å². The summed E-state index contributed by atoms with van der Waals surface area (Å²) in [6.07, 6.45) is -4.77. The van der Waals surface area contributed by atoms with Gasteiger partial charge < -0.3 is 9.47 Å². The van der Waals surface area contributed by atoms with Gasteiger partial charge in [-0.3, -0.25) is 0 Å². The Morgan fingerprint density at radius 2 is 2.00 bits per heavy atom. The van der Waals surface area contributed by atoms with E-state index < -0.39 is 18.9 Å². The van der Waals surface area contributed by atoms with E-state index in [9.17, 15) is 18.3 Å². The van der Waals surface area contributed by atoms with Crippen molar-refractivity contribution in [3.63, 3.8) is 0 Å². The minimum Gasteiger partial charge on any atom is -0.463 e. The number of hydrogen-bond donors (Lipinski definition) is 0. The molecule has 0 saturated heterocycles. The normalized spacial score (nSPS) is 11.3. The average Bonchev–Trinajstić information content (AvgIpc) is 2.07. The molecule has 7 heteroatoms. The van der Waals surface area contributed by atoms with Crippen LogP contribution in [0.2, 0.25) is 5.02 Å². The molecular formula is C8H5ClF3O3. The molecule has 0 aliphatic rings. The summed E-state index contributed by atoms with van der Waals surface area (Å²) >= 11 is 5.53. The molecule has 0 fully saturated rings. The summed E-state index contributed by atoms with van der Waals surface area (Å²) in [7, 11) is 0. The van der Waals surface area contributed by atoms with Crippen molar-refractivity contribution in [2.75, 3.05) is 6.79 Å². The van der Waals surface area contributed by atoms with Gasteiger partial charge in [-0.2, -0.15) is 5.11 Å². The minimum absolute atomic E-state index is 0.0150. The highest BCUT2D eigenvalue weighted by Gasteiger charge is 2.31.